The average Bonchev–Trinajstić information content (AvgIpc) is 2.83. The van der Waals surface area contributed by atoms with Crippen molar-refractivity contribution in [3.8, 4) is 0 Å². The number of aliphatic hydroxyl groups excluding tert-OH is 1. The molecule has 0 amide bonds. The lowest BCUT2D eigenvalue weighted by Crippen LogP contribution is -2.12. The van der Waals surface area contributed by atoms with Crippen LogP contribution in [-0.4, -0.2) is 13.5 Å². The SMILES string of the molecule is O=S(=O)(Nc1cc(F)ccc1Cl)c1cc(CO)cs1. The maximum atomic E-state index is 13.1. The van der Waals surface area contributed by atoms with E-state index in [1.807, 2.05) is 0 Å². The van der Waals surface area contributed by atoms with Crippen molar-refractivity contribution in [1.82, 2.24) is 0 Å². The lowest BCUT2D eigenvalue weighted by molar-refractivity contribution is 0.282. The highest BCUT2D eigenvalue weighted by Crippen LogP contribution is 2.27. The number of benzene rings is 1. The van der Waals surface area contributed by atoms with Gasteiger partial charge in [-0.15, -0.1) is 11.3 Å². The van der Waals surface area contributed by atoms with Gasteiger partial charge in [-0.1, -0.05) is 11.6 Å². The van der Waals surface area contributed by atoms with E-state index in [1.54, 1.807) is 0 Å². The first kappa shape index (κ1) is 14.3. The highest BCUT2D eigenvalue weighted by Gasteiger charge is 2.18. The van der Waals surface area contributed by atoms with Crippen LogP contribution in [0.15, 0.2) is 33.9 Å². The van der Waals surface area contributed by atoms with Crippen LogP contribution in [0.3, 0.4) is 0 Å². The summed E-state index contributed by atoms with van der Waals surface area (Å²) in [6, 6.07) is 4.75. The molecule has 0 saturated carbocycles. The van der Waals surface area contributed by atoms with Crippen LogP contribution in [0, 0.1) is 5.82 Å². The van der Waals surface area contributed by atoms with Crippen molar-refractivity contribution >= 4 is 38.6 Å². The molecule has 0 bridgehead atoms. The first-order valence-corrected chi connectivity index (χ1v) is 7.82. The summed E-state index contributed by atoms with van der Waals surface area (Å²) in [5, 5.41) is 10.5. The minimum absolute atomic E-state index is 0.0249. The third-order valence-electron chi connectivity index (χ3n) is 2.25. The van der Waals surface area contributed by atoms with Crippen LogP contribution in [-0.2, 0) is 16.6 Å². The van der Waals surface area contributed by atoms with E-state index in [-0.39, 0.29) is 21.5 Å². The molecule has 0 unspecified atom stereocenters. The van der Waals surface area contributed by atoms with E-state index in [0.717, 1.165) is 23.5 Å². The predicted molar refractivity (Wildman–Crippen MR) is 72.5 cm³/mol. The number of nitrogens with one attached hydrogen (secondary N) is 1. The summed E-state index contributed by atoms with van der Waals surface area (Å²) < 4.78 is 39.4. The molecule has 0 saturated heterocycles. The Bertz CT molecular complexity index is 700. The van der Waals surface area contributed by atoms with E-state index in [2.05, 4.69) is 4.72 Å². The molecular formula is C11H9ClFNO3S2. The Hall–Kier alpha value is -1.15. The Morgan fingerprint density at radius 2 is 2.11 bits per heavy atom. The van der Waals surface area contributed by atoms with Crippen LogP contribution in [0.5, 0.6) is 0 Å². The molecule has 102 valence electrons. The van der Waals surface area contributed by atoms with Crippen LogP contribution >= 0.6 is 22.9 Å². The summed E-state index contributed by atoms with van der Waals surface area (Å²) in [7, 11) is -3.84. The second-order valence-corrected chi connectivity index (χ2v) is 6.89. The Morgan fingerprint density at radius 3 is 2.74 bits per heavy atom. The first-order valence-electron chi connectivity index (χ1n) is 5.08. The summed E-state index contributed by atoms with van der Waals surface area (Å²) in [6.07, 6.45) is 0. The number of rotatable bonds is 4. The molecule has 1 heterocycles. The predicted octanol–water partition coefficient (Wildman–Crippen LogP) is 2.83. The second-order valence-electron chi connectivity index (χ2n) is 3.66. The Morgan fingerprint density at radius 1 is 1.37 bits per heavy atom. The number of sulfonamides is 1. The van der Waals surface area contributed by atoms with Crippen molar-refractivity contribution in [2.75, 3.05) is 4.72 Å². The summed E-state index contributed by atoms with van der Waals surface area (Å²) in [6.45, 7) is -0.243. The van der Waals surface area contributed by atoms with Crippen LogP contribution in [0.4, 0.5) is 10.1 Å². The van der Waals surface area contributed by atoms with Gasteiger partial charge in [0.2, 0.25) is 0 Å². The van der Waals surface area contributed by atoms with Gasteiger partial charge in [-0.25, -0.2) is 12.8 Å². The van der Waals surface area contributed by atoms with Crippen molar-refractivity contribution in [2.45, 2.75) is 10.8 Å². The lowest BCUT2D eigenvalue weighted by Gasteiger charge is -2.07. The molecule has 19 heavy (non-hydrogen) atoms. The molecule has 2 N–H and O–H groups in total. The van der Waals surface area contributed by atoms with Gasteiger partial charge in [0.1, 0.15) is 10.0 Å². The molecule has 0 radical (unpaired) electrons. The highest BCUT2D eigenvalue weighted by molar-refractivity contribution is 7.94. The maximum absolute atomic E-state index is 13.1. The fourth-order valence-electron chi connectivity index (χ4n) is 1.35. The molecule has 4 nitrogen and oxygen atoms in total. The molecule has 0 fully saturated rings. The summed E-state index contributed by atoms with van der Waals surface area (Å²) in [4.78, 5) is 0. The van der Waals surface area contributed by atoms with Crippen LogP contribution in [0.2, 0.25) is 5.02 Å². The molecule has 1 aromatic heterocycles. The van der Waals surface area contributed by atoms with E-state index < -0.39 is 15.8 Å². The van der Waals surface area contributed by atoms with Crippen molar-refractivity contribution in [1.29, 1.82) is 0 Å². The van der Waals surface area contributed by atoms with E-state index in [4.69, 9.17) is 16.7 Å². The summed E-state index contributed by atoms with van der Waals surface area (Å²) in [5.74, 6) is -0.593. The number of hydrogen-bond donors (Lipinski definition) is 2. The zero-order chi connectivity index (χ0) is 14.0. The van der Waals surface area contributed by atoms with Gasteiger partial charge in [0.15, 0.2) is 0 Å². The molecule has 0 aliphatic rings. The van der Waals surface area contributed by atoms with E-state index in [1.165, 1.54) is 17.5 Å². The van der Waals surface area contributed by atoms with Gasteiger partial charge >= 0.3 is 0 Å². The summed E-state index contributed by atoms with van der Waals surface area (Å²) in [5.41, 5.74) is 0.469. The lowest BCUT2D eigenvalue weighted by atomic mass is 10.3. The third kappa shape index (κ3) is 3.24. The van der Waals surface area contributed by atoms with Crippen molar-refractivity contribution in [2.24, 2.45) is 0 Å². The smallest absolute Gasteiger partial charge is 0.271 e. The van der Waals surface area contributed by atoms with E-state index in [0.29, 0.717) is 5.56 Å². The molecule has 2 rings (SSSR count). The number of anilines is 1. The highest BCUT2D eigenvalue weighted by atomic mass is 35.5. The number of aliphatic hydroxyl groups is 1. The zero-order valence-corrected chi connectivity index (χ0v) is 11.8. The van der Waals surface area contributed by atoms with Crippen LogP contribution < -0.4 is 4.72 Å². The zero-order valence-electron chi connectivity index (χ0n) is 9.43. The van der Waals surface area contributed by atoms with Crippen LogP contribution in [0.25, 0.3) is 0 Å². The molecule has 0 spiro atoms. The molecule has 0 aliphatic carbocycles. The molecule has 2 aromatic rings. The molecule has 0 atom stereocenters. The standard InChI is InChI=1S/C11H9ClFNO3S2/c12-9-2-1-8(13)4-10(9)14-19(16,17)11-3-7(5-15)6-18-11/h1-4,6,14-15H,5H2. The minimum atomic E-state index is -3.84. The van der Waals surface area contributed by atoms with Gasteiger partial charge in [0.05, 0.1) is 17.3 Å². The van der Waals surface area contributed by atoms with E-state index in [9.17, 15) is 12.8 Å². The number of thiophene rings is 1. The average molecular weight is 322 g/mol. The van der Waals surface area contributed by atoms with Gasteiger partial charge < -0.3 is 5.11 Å². The second kappa shape index (κ2) is 5.46. The van der Waals surface area contributed by atoms with Gasteiger partial charge in [-0.2, -0.15) is 0 Å². The molecule has 8 heteroatoms. The third-order valence-corrected chi connectivity index (χ3v) is 5.43. The van der Waals surface area contributed by atoms with E-state index >= 15 is 0 Å². The largest absolute Gasteiger partial charge is 0.392 e. The van der Waals surface area contributed by atoms with Gasteiger partial charge in [0, 0.05) is 0 Å². The van der Waals surface area contributed by atoms with Crippen molar-refractivity contribution in [3.05, 3.63) is 46.0 Å². The fourth-order valence-corrected chi connectivity index (χ4v) is 3.84. The monoisotopic (exact) mass is 321 g/mol. The fraction of sp³-hybridized carbons (Fsp3) is 0.0909. The van der Waals surface area contributed by atoms with Crippen LogP contribution in [0.1, 0.15) is 5.56 Å². The molecule has 1 aromatic carbocycles. The molecule has 0 aliphatic heterocycles. The van der Waals surface area contributed by atoms with Gasteiger partial charge in [0.25, 0.3) is 10.0 Å². The maximum Gasteiger partial charge on any atom is 0.271 e. The van der Waals surface area contributed by atoms with Crippen molar-refractivity contribution < 1.29 is 17.9 Å². The molecular weight excluding hydrogens is 313 g/mol. The Kier molecular flexibility index (Phi) is 4.10. The van der Waals surface area contributed by atoms with Gasteiger partial charge in [-0.05, 0) is 35.2 Å². The number of hydrogen-bond acceptors (Lipinski definition) is 4. The van der Waals surface area contributed by atoms with Gasteiger partial charge in [-0.3, -0.25) is 4.72 Å². The Labute approximate surface area is 118 Å². The quantitative estimate of drug-likeness (QED) is 0.910. The normalized spacial score (nSPS) is 11.5. The minimum Gasteiger partial charge on any atom is -0.392 e. The van der Waals surface area contributed by atoms with Crippen molar-refractivity contribution in [3.63, 3.8) is 0 Å². The summed E-state index contributed by atoms with van der Waals surface area (Å²) >= 11 is 6.76. The Balaban J connectivity index is 2.33. The number of halogens is 2. The topological polar surface area (TPSA) is 66.4 Å². The first-order chi connectivity index (χ1) is 8.92.